The lowest BCUT2D eigenvalue weighted by Gasteiger charge is -1.94. The molecule has 1 heterocycles. The third-order valence-electron chi connectivity index (χ3n) is 1.84. The molecular formula is C10H7FN4OS. The highest BCUT2D eigenvalue weighted by Crippen LogP contribution is 2.00. The fraction of sp³-hybridized carbons (Fsp3) is 0. The maximum atomic E-state index is 12.6. The van der Waals surface area contributed by atoms with E-state index in [0.29, 0.717) is 5.56 Å². The van der Waals surface area contributed by atoms with Gasteiger partial charge in [0.25, 0.3) is 5.91 Å². The van der Waals surface area contributed by atoms with Gasteiger partial charge in [-0.25, -0.2) is 9.82 Å². The standard InChI is InChI=1S/C10H7FN4OS/c11-8-3-1-7(2-4-8)5-12-14-10(16)9-6-17-15-13-9/h1-6H,(H,14,16)/b12-5+. The lowest BCUT2D eigenvalue weighted by atomic mass is 10.2. The van der Waals surface area contributed by atoms with E-state index in [9.17, 15) is 9.18 Å². The molecule has 0 atom stereocenters. The van der Waals surface area contributed by atoms with Gasteiger partial charge in [0.05, 0.1) is 6.21 Å². The number of hydrogen-bond acceptors (Lipinski definition) is 5. The van der Waals surface area contributed by atoms with Gasteiger partial charge in [0.1, 0.15) is 5.82 Å². The van der Waals surface area contributed by atoms with Gasteiger partial charge < -0.3 is 0 Å². The Bertz CT molecular complexity index is 524. The van der Waals surface area contributed by atoms with E-state index in [0.717, 1.165) is 11.5 Å². The first-order chi connectivity index (χ1) is 8.25. The molecule has 0 aliphatic heterocycles. The van der Waals surface area contributed by atoms with Crippen LogP contribution in [0, 0.1) is 5.82 Å². The quantitative estimate of drug-likeness (QED) is 0.662. The highest BCUT2D eigenvalue weighted by Gasteiger charge is 2.06. The minimum Gasteiger partial charge on any atom is -0.265 e. The highest BCUT2D eigenvalue weighted by molar-refractivity contribution is 7.03. The minimum absolute atomic E-state index is 0.214. The first-order valence-electron chi connectivity index (χ1n) is 4.62. The molecular weight excluding hydrogens is 243 g/mol. The smallest absolute Gasteiger partial charge is 0.265 e. The van der Waals surface area contributed by atoms with E-state index in [1.807, 2.05) is 0 Å². The van der Waals surface area contributed by atoms with Gasteiger partial charge in [0.15, 0.2) is 5.69 Å². The number of amides is 1. The van der Waals surface area contributed by atoms with Crippen molar-refractivity contribution in [3.8, 4) is 0 Å². The number of nitrogens with one attached hydrogen (secondary N) is 1. The van der Waals surface area contributed by atoms with E-state index in [2.05, 4.69) is 20.1 Å². The Kier molecular flexibility index (Phi) is 3.51. The summed E-state index contributed by atoms with van der Waals surface area (Å²) in [6.07, 6.45) is 1.41. The van der Waals surface area contributed by atoms with Crippen molar-refractivity contribution in [1.29, 1.82) is 0 Å². The van der Waals surface area contributed by atoms with Crippen LogP contribution in [0.2, 0.25) is 0 Å². The van der Waals surface area contributed by atoms with Crippen LogP contribution in [0.1, 0.15) is 16.1 Å². The number of hydrogen-bond donors (Lipinski definition) is 1. The molecule has 1 aromatic carbocycles. The lowest BCUT2D eigenvalue weighted by molar-refractivity contribution is 0.0950. The largest absolute Gasteiger partial charge is 0.292 e. The number of carbonyl (C=O) groups is 1. The van der Waals surface area contributed by atoms with Crippen molar-refractivity contribution >= 4 is 23.7 Å². The van der Waals surface area contributed by atoms with Gasteiger partial charge in [-0.05, 0) is 29.2 Å². The second-order valence-corrected chi connectivity index (χ2v) is 3.65. The summed E-state index contributed by atoms with van der Waals surface area (Å²) in [6, 6.07) is 5.73. The fourth-order valence-electron chi connectivity index (χ4n) is 1.04. The highest BCUT2D eigenvalue weighted by atomic mass is 32.1. The predicted molar refractivity (Wildman–Crippen MR) is 61.4 cm³/mol. The zero-order valence-corrected chi connectivity index (χ0v) is 9.32. The Morgan fingerprint density at radius 3 is 2.82 bits per heavy atom. The number of aromatic nitrogens is 2. The zero-order chi connectivity index (χ0) is 12.1. The van der Waals surface area contributed by atoms with Crippen molar-refractivity contribution in [3.63, 3.8) is 0 Å². The average molecular weight is 250 g/mol. The number of benzene rings is 1. The van der Waals surface area contributed by atoms with E-state index >= 15 is 0 Å². The van der Waals surface area contributed by atoms with Crippen molar-refractivity contribution in [1.82, 2.24) is 15.0 Å². The molecule has 0 fully saturated rings. The zero-order valence-electron chi connectivity index (χ0n) is 8.50. The van der Waals surface area contributed by atoms with Gasteiger partial charge in [0, 0.05) is 5.38 Å². The minimum atomic E-state index is -0.433. The van der Waals surface area contributed by atoms with Crippen molar-refractivity contribution in [3.05, 3.63) is 46.7 Å². The van der Waals surface area contributed by atoms with Gasteiger partial charge in [-0.1, -0.05) is 16.6 Å². The van der Waals surface area contributed by atoms with Crippen LogP contribution >= 0.6 is 11.5 Å². The van der Waals surface area contributed by atoms with Crippen LogP contribution in [0.5, 0.6) is 0 Å². The summed E-state index contributed by atoms with van der Waals surface area (Å²) in [6.45, 7) is 0. The van der Waals surface area contributed by atoms with Gasteiger partial charge in [0.2, 0.25) is 0 Å². The second kappa shape index (κ2) is 5.26. The van der Waals surface area contributed by atoms with E-state index in [4.69, 9.17) is 0 Å². The van der Waals surface area contributed by atoms with Gasteiger partial charge >= 0.3 is 0 Å². The topological polar surface area (TPSA) is 67.2 Å². The summed E-state index contributed by atoms with van der Waals surface area (Å²) in [4.78, 5) is 11.4. The summed E-state index contributed by atoms with van der Waals surface area (Å²) in [7, 11) is 0. The number of halogens is 1. The van der Waals surface area contributed by atoms with Crippen LogP contribution in [-0.4, -0.2) is 21.7 Å². The molecule has 0 aliphatic rings. The third-order valence-corrected chi connectivity index (χ3v) is 2.35. The van der Waals surface area contributed by atoms with Crippen LogP contribution in [0.15, 0.2) is 34.7 Å². The van der Waals surface area contributed by atoms with Crippen LogP contribution in [-0.2, 0) is 0 Å². The molecule has 0 spiro atoms. The van der Waals surface area contributed by atoms with E-state index in [-0.39, 0.29) is 11.5 Å². The number of hydrazone groups is 1. The molecule has 2 aromatic rings. The van der Waals surface area contributed by atoms with Gasteiger partial charge in [-0.15, -0.1) is 5.10 Å². The molecule has 0 aliphatic carbocycles. The van der Waals surface area contributed by atoms with Crippen molar-refractivity contribution < 1.29 is 9.18 Å². The summed E-state index contributed by atoms with van der Waals surface area (Å²) in [5.74, 6) is -0.753. The first-order valence-corrected chi connectivity index (χ1v) is 5.45. The molecule has 5 nitrogen and oxygen atoms in total. The number of nitrogens with zero attached hydrogens (tertiary/aromatic N) is 3. The van der Waals surface area contributed by atoms with E-state index < -0.39 is 5.91 Å². The molecule has 7 heteroatoms. The molecule has 1 N–H and O–H groups in total. The molecule has 1 aromatic heterocycles. The molecule has 0 radical (unpaired) electrons. The summed E-state index contributed by atoms with van der Waals surface area (Å²) in [5, 5.41) is 8.82. The summed E-state index contributed by atoms with van der Waals surface area (Å²) >= 11 is 1.08. The molecule has 0 saturated heterocycles. The Morgan fingerprint density at radius 2 is 2.18 bits per heavy atom. The normalized spacial score (nSPS) is 10.6. The van der Waals surface area contributed by atoms with Crippen molar-refractivity contribution in [2.45, 2.75) is 0 Å². The van der Waals surface area contributed by atoms with Crippen molar-refractivity contribution in [2.24, 2.45) is 5.10 Å². The Balaban J connectivity index is 1.94. The molecule has 0 bridgehead atoms. The fourth-order valence-corrected chi connectivity index (χ4v) is 1.47. The molecule has 1 amide bonds. The predicted octanol–water partition coefficient (Wildman–Crippen LogP) is 1.44. The second-order valence-electron chi connectivity index (χ2n) is 3.04. The number of carbonyl (C=O) groups excluding carboxylic acids is 1. The third kappa shape index (κ3) is 3.15. The van der Waals surface area contributed by atoms with Crippen molar-refractivity contribution in [2.75, 3.05) is 0 Å². The molecule has 86 valence electrons. The Hall–Kier alpha value is -2.15. The van der Waals surface area contributed by atoms with Gasteiger partial charge in [-0.3, -0.25) is 4.79 Å². The first kappa shape index (κ1) is 11.3. The summed E-state index contributed by atoms with van der Waals surface area (Å²) < 4.78 is 16.2. The van der Waals surface area contributed by atoms with Crippen LogP contribution in [0.25, 0.3) is 0 Å². The van der Waals surface area contributed by atoms with E-state index in [1.165, 1.54) is 23.7 Å². The number of rotatable bonds is 3. The maximum absolute atomic E-state index is 12.6. The summed E-state index contributed by atoms with van der Waals surface area (Å²) in [5.41, 5.74) is 3.19. The SMILES string of the molecule is O=C(N/N=C/c1ccc(F)cc1)c1csnn1. The van der Waals surface area contributed by atoms with Gasteiger partial charge in [-0.2, -0.15) is 5.10 Å². The molecule has 17 heavy (non-hydrogen) atoms. The van der Waals surface area contributed by atoms with Crippen LogP contribution < -0.4 is 5.43 Å². The maximum Gasteiger partial charge on any atom is 0.292 e. The lowest BCUT2D eigenvalue weighted by Crippen LogP contribution is -2.17. The van der Waals surface area contributed by atoms with E-state index in [1.54, 1.807) is 12.1 Å². The average Bonchev–Trinajstić information content (AvgIpc) is 2.85. The molecule has 0 unspecified atom stereocenters. The van der Waals surface area contributed by atoms with Crippen LogP contribution in [0.3, 0.4) is 0 Å². The molecule has 0 saturated carbocycles. The Morgan fingerprint density at radius 1 is 1.41 bits per heavy atom. The molecule has 2 rings (SSSR count). The Labute approximate surface area is 100 Å². The van der Waals surface area contributed by atoms with Crippen LogP contribution in [0.4, 0.5) is 4.39 Å². The monoisotopic (exact) mass is 250 g/mol.